The Balaban J connectivity index is 2.99. The summed E-state index contributed by atoms with van der Waals surface area (Å²) in [4.78, 5) is 0. The van der Waals surface area contributed by atoms with Crippen LogP contribution in [0, 0.1) is 0 Å². The molecule has 0 aromatic heterocycles. The number of halogens is 3. The SMILES string of the molecule is CCCCCOCCNCC(F)(F)F. The lowest BCUT2D eigenvalue weighted by molar-refractivity contribution is -0.125. The number of rotatable bonds is 8. The van der Waals surface area contributed by atoms with Crippen LogP contribution in [0.2, 0.25) is 0 Å². The molecule has 0 aliphatic carbocycles. The highest BCUT2D eigenvalue weighted by atomic mass is 19.4. The van der Waals surface area contributed by atoms with Gasteiger partial charge in [-0.15, -0.1) is 0 Å². The van der Waals surface area contributed by atoms with E-state index in [2.05, 4.69) is 12.2 Å². The molecule has 2 nitrogen and oxygen atoms in total. The molecule has 0 aromatic rings. The summed E-state index contributed by atoms with van der Waals surface area (Å²) >= 11 is 0. The summed E-state index contributed by atoms with van der Waals surface area (Å²) in [5.74, 6) is 0. The molecule has 0 saturated heterocycles. The Kier molecular flexibility index (Phi) is 7.89. The van der Waals surface area contributed by atoms with Gasteiger partial charge in [-0.3, -0.25) is 0 Å². The van der Waals surface area contributed by atoms with Gasteiger partial charge in [0, 0.05) is 13.2 Å². The molecule has 0 rings (SSSR count). The van der Waals surface area contributed by atoms with E-state index >= 15 is 0 Å². The van der Waals surface area contributed by atoms with Crippen molar-refractivity contribution >= 4 is 0 Å². The van der Waals surface area contributed by atoms with Gasteiger partial charge in [0.2, 0.25) is 0 Å². The number of alkyl halides is 3. The van der Waals surface area contributed by atoms with E-state index in [-0.39, 0.29) is 6.54 Å². The second-order valence-electron chi connectivity index (χ2n) is 3.11. The van der Waals surface area contributed by atoms with Crippen molar-refractivity contribution in [2.24, 2.45) is 0 Å². The van der Waals surface area contributed by atoms with E-state index in [1.807, 2.05) is 0 Å². The topological polar surface area (TPSA) is 21.3 Å². The molecule has 0 amide bonds. The summed E-state index contributed by atoms with van der Waals surface area (Å²) in [5.41, 5.74) is 0. The Morgan fingerprint density at radius 2 is 1.86 bits per heavy atom. The lowest BCUT2D eigenvalue weighted by atomic mass is 10.3. The van der Waals surface area contributed by atoms with Gasteiger partial charge < -0.3 is 10.1 Å². The Hall–Kier alpha value is -0.290. The monoisotopic (exact) mass is 213 g/mol. The van der Waals surface area contributed by atoms with Crippen molar-refractivity contribution in [2.75, 3.05) is 26.3 Å². The molecule has 0 heterocycles. The minimum Gasteiger partial charge on any atom is -0.380 e. The lowest BCUT2D eigenvalue weighted by Crippen LogP contribution is -2.31. The minimum absolute atomic E-state index is 0.256. The highest BCUT2D eigenvalue weighted by Gasteiger charge is 2.25. The second kappa shape index (κ2) is 8.05. The molecule has 0 radical (unpaired) electrons. The van der Waals surface area contributed by atoms with Crippen molar-refractivity contribution in [3.63, 3.8) is 0 Å². The highest BCUT2D eigenvalue weighted by Crippen LogP contribution is 2.11. The van der Waals surface area contributed by atoms with Crippen molar-refractivity contribution in [1.29, 1.82) is 0 Å². The molecule has 1 N–H and O–H groups in total. The van der Waals surface area contributed by atoms with E-state index in [1.165, 1.54) is 0 Å². The first-order valence-corrected chi connectivity index (χ1v) is 4.91. The first kappa shape index (κ1) is 13.7. The third kappa shape index (κ3) is 11.7. The second-order valence-corrected chi connectivity index (χ2v) is 3.11. The quantitative estimate of drug-likeness (QED) is 0.625. The Morgan fingerprint density at radius 1 is 1.14 bits per heavy atom. The number of unbranched alkanes of at least 4 members (excludes halogenated alkanes) is 2. The molecule has 0 bridgehead atoms. The van der Waals surface area contributed by atoms with Crippen LogP contribution >= 0.6 is 0 Å². The molecule has 0 atom stereocenters. The van der Waals surface area contributed by atoms with Gasteiger partial charge in [-0.2, -0.15) is 13.2 Å². The van der Waals surface area contributed by atoms with Gasteiger partial charge in [0.05, 0.1) is 13.2 Å². The van der Waals surface area contributed by atoms with Crippen LogP contribution in [0.4, 0.5) is 13.2 Å². The molecule has 0 unspecified atom stereocenters. The maximum absolute atomic E-state index is 11.6. The van der Waals surface area contributed by atoms with Crippen LogP contribution in [0.3, 0.4) is 0 Å². The summed E-state index contributed by atoms with van der Waals surface area (Å²) in [5, 5.41) is 2.27. The van der Waals surface area contributed by atoms with Gasteiger partial charge in [-0.1, -0.05) is 19.8 Å². The van der Waals surface area contributed by atoms with Crippen molar-refractivity contribution in [3.8, 4) is 0 Å². The first-order chi connectivity index (χ1) is 6.56. The summed E-state index contributed by atoms with van der Waals surface area (Å²) in [6.07, 6.45) is -0.913. The van der Waals surface area contributed by atoms with E-state index in [4.69, 9.17) is 4.74 Å². The van der Waals surface area contributed by atoms with E-state index < -0.39 is 12.7 Å². The Morgan fingerprint density at radius 3 is 2.43 bits per heavy atom. The number of hydrogen-bond acceptors (Lipinski definition) is 2. The average molecular weight is 213 g/mol. The van der Waals surface area contributed by atoms with Crippen molar-refractivity contribution in [2.45, 2.75) is 32.4 Å². The van der Waals surface area contributed by atoms with Crippen LogP contribution in [0.25, 0.3) is 0 Å². The third-order valence-electron chi connectivity index (χ3n) is 1.64. The smallest absolute Gasteiger partial charge is 0.380 e. The van der Waals surface area contributed by atoms with Crippen molar-refractivity contribution in [1.82, 2.24) is 5.32 Å². The van der Waals surface area contributed by atoms with Crippen LogP contribution in [0.1, 0.15) is 26.2 Å². The molecule has 0 aliphatic rings. The van der Waals surface area contributed by atoms with E-state index in [1.54, 1.807) is 0 Å². The maximum atomic E-state index is 11.6. The zero-order chi connectivity index (χ0) is 10.9. The summed E-state index contributed by atoms with van der Waals surface area (Å²) in [7, 11) is 0. The van der Waals surface area contributed by atoms with Gasteiger partial charge in [0.15, 0.2) is 0 Å². The first-order valence-electron chi connectivity index (χ1n) is 4.91. The molecule has 0 spiro atoms. The summed E-state index contributed by atoms with van der Waals surface area (Å²) < 4.78 is 40.0. The molecule has 0 fully saturated rings. The van der Waals surface area contributed by atoms with Crippen LogP contribution in [-0.4, -0.2) is 32.5 Å². The normalized spacial score (nSPS) is 12.0. The van der Waals surface area contributed by atoms with Crippen molar-refractivity contribution in [3.05, 3.63) is 0 Å². The van der Waals surface area contributed by atoms with E-state index in [0.29, 0.717) is 13.2 Å². The largest absolute Gasteiger partial charge is 0.401 e. The van der Waals surface area contributed by atoms with Gasteiger partial charge >= 0.3 is 6.18 Å². The number of hydrogen-bond donors (Lipinski definition) is 1. The highest BCUT2D eigenvalue weighted by molar-refractivity contribution is 4.54. The Labute approximate surface area is 82.8 Å². The fraction of sp³-hybridized carbons (Fsp3) is 1.00. The summed E-state index contributed by atoms with van der Waals surface area (Å²) in [6, 6.07) is 0. The fourth-order valence-corrected chi connectivity index (χ4v) is 0.931. The van der Waals surface area contributed by atoms with Crippen LogP contribution in [-0.2, 0) is 4.74 Å². The predicted molar refractivity (Wildman–Crippen MR) is 49.3 cm³/mol. The minimum atomic E-state index is -4.12. The molecule has 86 valence electrons. The van der Waals surface area contributed by atoms with Crippen LogP contribution in [0.5, 0.6) is 0 Å². The van der Waals surface area contributed by atoms with Crippen LogP contribution < -0.4 is 5.32 Å². The molecule has 0 aliphatic heterocycles. The average Bonchev–Trinajstić information content (AvgIpc) is 2.08. The third-order valence-corrected chi connectivity index (χ3v) is 1.64. The van der Waals surface area contributed by atoms with E-state index in [0.717, 1.165) is 19.3 Å². The van der Waals surface area contributed by atoms with Gasteiger partial charge in [-0.25, -0.2) is 0 Å². The lowest BCUT2D eigenvalue weighted by Gasteiger charge is -2.08. The number of ether oxygens (including phenoxy) is 1. The molecule has 5 heteroatoms. The molecule has 0 saturated carbocycles. The summed E-state index contributed by atoms with van der Waals surface area (Å²) in [6.45, 7) is 2.39. The molecule has 14 heavy (non-hydrogen) atoms. The fourth-order valence-electron chi connectivity index (χ4n) is 0.931. The molecule has 0 aromatic carbocycles. The van der Waals surface area contributed by atoms with Gasteiger partial charge in [-0.05, 0) is 6.42 Å². The van der Waals surface area contributed by atoms with Gasteiger partial charge in [0.1, 0.15) is 0 Å². The zero-order valence-corrected chi connectivity index (χ0v) is 8.49. The standard InChI is InChI=1S/C9H18F3NO/c1-2-3-4-6-14-7-5-13-8-9(10,11)12/h13H,2-8H2,1H3. The van der Waals surface area contributed by atoms with Gasteiger partial charge in [0.25, 0.3) is 0 Å². The zero-order valence-electron chi connectivity index (χ0n) is 8.49. The van der Waals surface area contributed by atoms with E-state index in [9.17, 15) is 13.2 Å². The van der Waals surface area contributed by atoms with Crippen LogP contribution in [0.15, 0.2) is 0 Å². The maximum Gasteiger partial charge on any atom is 0.401 e. The Bertz CT molecular complexity index is 128. The predicted octanol–water partition coefficient (Wildman–Crippen LogP) is 2.35. The molecular weight excluding hydrogens is 195 g/mol. The van der Waals surface area contributed by atoms with Crippen molar-refractivity contribution < 1.29 is 17.9 Å². The molecular formula is C9H18F3NO. The number of nitrogens with one attached hydrogen (secondary N) is 1.